The van der Waals surface area contributed by atoms with Crippen LogP contribution < -0.4 is 11.2 Å². The number of aliphatic hydroxyl groups excluding tert-OH is 1. The van der Waals surface area contributed by atoms with Gasteiger partial charge in [0.1, 0.15) is 5.82 Å². The number of anilines is 1. The van der Waals surface area contributed by atoms with E-state index in [1.165, 1.54) is 25.3 Å². The van der Waals surface area contributed by atoms with Crippen molar-refractivity contribution in [1.82, 2.24) is 9.97 Å². The van der Waals surface area contributed by atoms with E-state index in [1.54, 1.807) is 6.07 Å². The zero-order valence-corrected chi connectivity index (χ0v) is 13.3. The quantitative estimate of drug-likeness (QED) is 0.702. The van der Waals surface area contributed by atoms with Gasteiger partial charge in [-0.25, -0.2) is 4.98 Å². The molecular weight excluding hydrogens is 306 g/mol. The van der Waals surface area contributed by atoms with Gasteiger partial charge in [-0.3, -0.25) is 4.79 Å². The second-order valence-corrected chi connectivity index (χ2v) is 6.39. The van der Waals surface area contributed by atoms with Crippen LogP contribution >= 0.6 is 0 Å². The first-order chi connectivity index (χ1) is 11.7. The Bertz CT molecular complexity index is 975. The Labute approximate surface area is 138 Å². The average molecular weight is 325 g/mol. The summed E-state index contributed by atoms with van der Waals surface area (Å²) in [5.41, 5.74) is 7.81. The van der Waals surface area contributed by atoms with Gasteiger partial charge in [0, 0.05) is 17.2 Å². The molecule has 6 nitrogen and oxygen atoms in total. The maximum Gasteiger partial charge on any atom is 0.232 e. The summed E-state index contributed by atoms with van der Waals surface area (Å²) >= 11 is 0. The summed E-state index contributed by atoms with van der Waals surface area (Å²) in [6.07, 6.45) is 5.92. The SMILES string of the molecule is Nc1nc2oc3ccc(C4CCCCC4)nc3c(=O)c2cc1CO. The van der Waals surface area contributed by atoms with E-state index < -0.39 is 0 Å². The van der Waals surface area contributed by atoms with Gasteiger partial charge in [-0.15, -0.1) is 0 Å². The van der Waals surface area contributed by atoms with Crippen molar-refractivity contribution in [2.24, 2.45) is 0 Å². The predicted molar refractivity (Wildman–Crippen MR) is 91.7 cm³/mol. The molecule has 1 saturated carbocycles. The molecule has 0 bridgehead atoms. The van der Waals surface area contributed by atoms with E-state index in [4.69, 9.17) is 10.2 Å². The Morgan fingerprint density at radius 1 is 1.21 bits per heavy atom. The largest absolute Gasteiger partial charge is 0.436 e. The molecule has 4 rings (SSSR count). The van der Waals surface area contributed by atoms with Crippen LogP contribution in [0.15, 0.2) is 27.4 Å². The Morgan fingerprint density at radius 3 is 2.75 bits per heavy atom. The highest BCUT2D eigenvalue weighted by Crippen LogP contribution is 2.32. The van der Waals surface area contributed by atoms with Gasteiger partial charge in [-0.1, -0.05) is 19.3 Å². The van der Waals surface area contributed by atoms with E-state index in [2.05, 4.69) is 9.97 Å². The maximum atomic E-state index is 12.8. The summed E-state index contributed by atoms with van der Waals surface area (Å²) in [7, 11) is 0. The fourth-order valence-corrected chi connectivity index (χ4v) is 3.48. The molecular formula is C18H19N3O3. The van der Waals surface area contributed by atoms with Crippen molar-refractivity contribution in [3.63, 3.8) is 0 Å². The molecule has 0 aliphatic heterocycles. The first-order valence-electron chi connectivity index (χ1n) is 8.31. The number of pyridine rings is 2. The highest BCUT2D eigenvalue weighted by molar-refractivity contribution is 5.87. The van der Waals surface area contributed by atoms with Gasteiger partial charge in [-0.2, -0.15) is 4.98 Å². The molecule has 0 atom stereocenters. The molecule has 0 spiro atoms. The topological polar surface area (TPSA) is 102 Å². The fourth-order valence-electron chi connectivity index (χ4n) is 3.48. The van der Waals surface area contributed by atoms with Crippen molar-refractivity contribution >= 4 is 28.0 Å². The number of fused-ring (bicyclic) bond motifs is 2. The van der Waals surface area contributed by atoms with Gasteiger partial charge in [0.25, 0.3) is 0 Å². The van der Waals surface area contributed by atoms with Crippen LogP contribution in [0, 0.1) is 0 Å². The molecule has 3 N–H and O–H groups in total. The van der Waals surface area contributed by atoms with Crippen LogP contribution in [-0.4, -0.2) is 15.1 Å². The third kappa shape index (κ3) is 2.43. The summed E-state index contributed by atoms with van der Waals surface area (Å²) in [6, 6.07) is 5.28. The highest BCUT2D eigenvalue weighted by Gasteiger charge is 2.19. The van der Waals surface area contributed by atoms with E-state index in [0.29, 0.717) is 28.0 Å². The Hall–Kier alpha value is -2.47. The lowest BCUT2D eigenvalue weighted by Gasteiger charge is -2.21. The first-order valence-corrected chi connectivity index (χ1v) is 8.31. The highest BCUT2D eigenvalue weighted by atomic mass is 16.3. The molecule has 24 heavy (non-hydrogen) atoms. The summed E-state index contributed by atoms with van der Waals surface area (Å²) < 4.78 is 5.71. The molecule has 3 aromatic rings. The zero-order chi connectivity index (χ0) is 16.7. The van der Waals surface area contributed by atoms with Crippen LogP contribution in [0.4, 0.5) is 5.82 Å². The lowest BCUT2D eigenvalue weighted by atomic mass is 9.86. The van der Waals surface area contributed by atoms with Gasteiger partial charge in [0.05, 0.1) is 12.0 Å². The molecule has 6 heteroatoms. The van der Waals surface area contributed by atoms with E-state index in [-0.39, 0.29) is 23.6 Å². The van der Waals surface area contributed by atoms with Crippen molar-refractivity contribution < 1.29 is 9.52 Å². The molecule has 0 aromatic carbocycles. The third-order valence-electron chi connectivity index (χ3n) is 4.84. The molecule has 124 valence electrons. The van der Waals surface area contributed by atoms with Gasteiger partial charge in [0.15, 0.2) is 11.1 Å². The number of nitrogens with two attached hydrogens (primary N) is 1. The Morgan fingerprint density at radius 2 is 2.00 bits per heavy atom. The predicted octanol–water partition coefficient (Wildman–Crippen LogP) is 2.86. The smallest absolute Gasteiger partial charge is 0.232 e. The third-order valence-corrected chi connectivity index (χ3v) is 4.84. The molecule has 1 aliphatic carbocycles. The lowest BCUT2D eigenvalue weighted by Crippen LogP contribution is -2.11. The molecule has 0 radical (unpaired) electrons. The van der Waals surface area contributed by atoms with Crippen molar-refractivity contribution in [2.75, 3.05) is 5.73 Å². The summed E-state index contributed by atoms with van der Waals surface area (Å²) in [6.45, 7) is -0.276. The number of hydrogen-bond donors (Lipinski definition) is 2. The van der Waals surface area contributed by atoms with Crippen LogP contribution in [0.3, 0.4) is 0 Å². The lowest BCUT2D eigenvalue weighted by molar-refractivity contribution is 0.282. The summed E-state index contributed by atoms with van der Waals surface area (Å²) in [5.74, 6) is 0.579. The van der Waals surface area contributed by atoms with E-state index in [0.717, 1.165) is 18.5 Å². The fraction of sp³-hybridized carbons (Fsp3) is 0.389. The molecule has 3 heterocycles. The second-order valence-electron chi connectivity index (χ2n) is 6.39. The summed E-state index contributed by atoms with van der Waals surface area (Å²) in [4.78, 5) is 21.5. The number of hydrogen-bond acceptors (Lipinski definition) is 6. The minimum absolute atomic E-state index is 0.166. The van der Waals surface area contributed by atoms with Crippen LogP contribution in [-0.2, 0) is 6.61 Å². The Balaban J connectivity index is 1.92. The molecule has 1 aliphatic rings. The maximum absolute atomic E-state index is 12.8. The van der Waals surface area contributed by atoms with Gasteiger partial charge in [0.2, 0.25) is 11.1 Å². The van der Waals surface area contributed by atoms with Crippen LogP contribution in [0.25, 0.3) is 22.2 Å². The van der Waals surface area contributed by atoms with Gasteiger partial charge < -0.3 is 15.3 Å². The van der Waals surface area contributed by atoms with Crippen molar-refractivity contribution in [1.29, 1.82) is 0 Å². The van der Waals surface area contributed by atoms with Crippen molar-refractivity contribution in [3.05, 3.63) is 39.7 Å². The summed E-state index contributed by atoms with van der Waals surface area (Å²) in [5, 5.41) is 9.63. The van der Waals surface area contributed by atoms with Crippen LogP contribution in [0.2, 0.25) is 0 Å². The molecule has 0 saturated heterocycles. The van der Waals surface area contributed by atoms with Crippen LogP contribution in [0.5, 0.6) is 0 Å². The first kappa shape index (κ1) is 15.1. The number of nitrogen functional groups attached to an aromatic ring is 1. The van der Waals surface area contributed by atoms with Crippen molar-refractivity contribution in [2.45, 2.75) is 44.6 Å². The monoisotopic (exact) mass is 325 g/mol. The van der Waals surface area contributed by atoms with Crippen molar-refractivity contribution in [3.8, 4) is 0 Å². The second kappa shape index (κ2) is 5.87. The number of aliphatic hydroxyl groups is 1. The molecule has 1 fully saturated rings. The minimum atomic E-state index is -0.276. The molecule has 3 aromatic heterocycles. The molecule has 0 amide bonds. The number of aromatic nitrogens is 2. The standard InChI is InChI=1S/C18H19N3O3/c19-17-11(9-22)8-12-16(23)15-14(24-18(12)21-17)7-6-13(20-15)10-4-2-1-3-5-10/h6-8,10,22H,1-5,9H2,(H2,19,21). The van der Waals surface area contributed by atoms with Gasteiger partial charge >= 0.3 is 0 Å². The normalized spacial score (nSPS) is 16.0. The molecule has 0 unspecified atom stereocenters. The van der Waals surface area contributed by atoms with E-state index >= 15 is 0 Å². The van der Waals surface area contributed by atoms with E-state index in [1.807, 2.05) is 6.07 Å². The zero-order valence-electron chi connectivity index (χ0n) is 13.3. The minimum Gasteiger partial charge on any atom is -0.436 e. The van der Waals surface area contributed by atoms with Crippen LogP contribution in [0.1, 0.15) is 49.3 Å². The Kier molecular flexibility index (Phi) is 3.69. The van der Waals surface area contributed by atoms with E-state index in [9.17, 15) is 9.90 Å². The number of nitrogens with zero attached hydrogens (tertiary/aromatic N) is 2. The average Bonchev–Trinajstić information content (AvgIpc) is 2.62. The van der Waals surface area contributed by atoms with Gasteiger partial charge in [-0.05, 0) is 31.0 Å². The number of rotatable bonds is 2.